The zero-order valence-electron chi connectivity index (χ0n) is 25.2. The van der Waals surface area contributed by atoms with Crippen LogP contribution >= 0.6 is 11.6 Å². The van der Waals surface area contributed by atoms with E-state index in [1.165, 1.54) is 18.2 Å². The Morgan fingerprint density at radius 1 is 1.24 bits per heavy atom. The van der Waals surface area contributed by atoms with E-state index >= 15 is 0 Å². The standard InChI is InChI=1S/C31H41ClFN7O2/c1-29(2,3)42-28(41)39-12-10-18(16-39)19-13-24-26(38-25-9-11-31(6,35)30(25,4)5)21(15-36-40(24)17-19)27(34)37-23-14-20(33)7-8-22(23)32/h7-8,13-15,17-18,25,38H,9-12,16,35H2,1-6H3,(H2,34,37)/t18?,25-,31+/m1/s1. The predicted octanol–water partition coefficient (Wildman–Crippen LogP) is 6.21. The molecule has 1 saturated carbocycles. The number of nitrogens with two attached hydrogens (primary N) is 2. The zero-order valence-corrected chi connectivity index (χ0v) is 25.9. The molecule has 2 fully saturated rings. The number of amides is 1. The van der Waals surface area contributed by atoms with Crippen LogP contribution in [0.4, 0.5) is 20.6 Å². The van der Waals surface area contributed by atoms with Gasteiger partial charge in [0, 0.05) is 48.3 Å². The second-order valence-corrected chi connectivity index (χ2v) is 13.8. The van der Waals surface area contributed by atoms with E-state index in [0.29, 0.717) is 23.7 Å². The molecule has 1 aliphatic heterocycles. The molecule has 42 heavy (non-hydrogen) atoms. The maximum Gasteiger partial charge on any atom is 0.410 e. The van der Waals surface area contributed by atoms with Gasteiger partial charge in [-0.05, 0) is 70.7 Å². The second kappa shape index (κ2) is 10.7. The van der Waals surface area contributed by atoms with Gasteiger partial charge in [-0.2, -0.15) is 5.10 Å². The van der Waals surface area contributed by atoms with E-state index < -0.39 is 11.4 Å². The predicted molar refractivity (Wildman–Crippen MR) is 165 cm³/mol. The summed E-state index contributed by atoms with van der Waals surface area (Å²) in [5.41, 5.74) is 15.6. The molecule has 1 unspecified atom stereocenters. The molecule has 11 heteroatoms. The number of fused-ring (bicyclic) bond motifs is 1. The molecule has 1 amide bonds. The number of halogens is 2. The largest absolute Gasteiger partial charge is 0.444 e. The fraction of sp³-hybridized carbons (Fsp3) is 0.516. The number of hydrogen-bond donors (Lipinski definition) is 3. The summed E-state index contributed by atoms with van der Waals surface area (Å²) in [6, 6.07) is 6.12. The number of hydrogen-bond acceptors (Lipinski definition) is 6. The van der Waals surface area contributed by atoms with Crippen LogP contribution in [-0.2, 0) is 4.74 Å². The van der Waals surface area contributed by atoms with Gasteiger partial charge in [-0.1, -0.05) is 25.4 Å². The summed E-state index contributed by atoms with van der Waals surface area (Å²) in [6.45, 7) is 13.2. The summed E-state index contributed by atoms with van der Waals surface area (Å²) in [6.07, 6.45) is 5.92. The van der Waals surface area contributed by atoms with Gasteiger partial charge in [-0.15, -0.1) is 0 Å². The Kier molecular flexibility index (Phi) is 7.68. The molecule has 0 spiro atoms. The first kappa shape index (κ1) is 30.1. The normalized spacial score (nSPS) is 24.4. The van der Waals surface area contributed by atoms with Crippen LogP contribution in [0.3, 0.4) is 0 Å². The molecule has 0 bridgehead atoms. The molecular formula is C31H41ClFN7O2. The average Bonchev–Trinajstić information content (AvgIpc) is 3.59. The van der Waals surface area contributed by atoms with Crippen LogP contribution in [0.2, 0.25) is 5.02 Å². The minimum atomic E-state index is -0.550. The molecule has 3 aromatic rings. The molecule has 9 nitrogen and oxygen atoms in total. The van der Waals surface area contributed by atoms with Crippen molar-refractivity contribution < 1.29 is 13.9 Å². The van der Waals surface area contributed by atoms with Gasteiger partial charge in [0.25, 0.3) is 0 Å². The van der Waals surface area contributed by atoms with Gasteiger partial charge >= 0.3 is 6.09 Å². The number of benzene rings is 1. The quantitative estimate of drug-likeness (QED) is 0.237. The van der Waals surface area contributed by atoms with Gasteiger partial charge in [-0.25, -0.2) is 18.7 Å². The molecule has 1 aromatic carbocycles. The molecule has 2 aromatic heterocycles. The van der Waals surface area contributed by atoms with Crippen LogP contribution in [0.1, 0.15) is 77.8 Å². The van der Waals surface area contributed by atoms with Gasteiger partial charge in [0.2, 0.25) is 0 Å². The zero-order chi connectivity index (χ0) is 30.6. The first-order valence-electron chi connectivity index (χ1n) is 14.4. The van der Waals surface area contributed by atoms with E-state index in [2.05, 4.69) is 42.2 Å². The van der Waals surface area contributed by atoms with Crippen molar-refractivity contribution in [3.05, 3.63) is 58.6 Å². The Morgan fingerprint density at radius 2 is 1.98 bits per heavy atom. The third-order valence-corrected chi connectivity index (χ3v) is 9.33. The molecule has 2 aliphatic rings. The van der Waals surface area contributed by atoms with Crippen molar-refractivity contribution in [3.8, 4) is 0 Å². The summed E-state index contributed by atoms with van der Waals surface area (Å²) in [7, 11) is 0. The number of nitrogens with one attached hydrogen (secondary N) is 1. The Morgan fingerprint density at radius 3 is 2.64 bits per heavy atom. The van der Waals surface area contributed by atoms with Gasteiger partial charge < -0.3 is 26.4 Å². The molecular weight excluding hydrogens is 557 g/mol. The highest BCUT2D eigenvalue weighted by Gasteiger charge is 2.49. The van der Waals surface area contributed by atoms with Crippen LogP contribution in [0, 0.1) is 11.2 Å². The SMILES string of the molecule is CC(C)(C)OC(=O)N1CCC(c2cc3c(N[C@@H]4CC[C@](C)(N)C4(C)C)c(C(N)=Nc4cc(F)ccc4Cl)cnn3c2)C1. The Bertz CT molecular complexity index is 1540. The minimum absolute atomic E-state index is 0.0514. The van der Waals surface area contributed by atoms with Crippen molar-refractivity contribution in [1.82, 2.24) is 14.5 Å². The maximum absolute atomic E-state index is 14.0. The van der Waals surface area contributed by atoms with Crippen molar-refractivity contribution in [3.63, 3.8) is 0 Å². The fourth-order valence-corrected chi connectivity index (χ4v) is 6.04. The topological polar surface area (TPSA) is 123 Å². The number of aromatic nitrogens is 2. The van der Waals surface area contributed by atoms with E-state index in [1.54, 1.807) is 11.1 Å². The Balaban J connectivity index is 1.54. The first-order chi connectivity index (χ1) is 19.6. The summed E-state index contributed by atoms with van der Waals surface area (Å²) >= 11 is 6.30. The van der Waals surface area contributed by atoms with Gasteiger partial charge in [0.05, 0.1) is 33.7 Å². The van der Waals surface area contributed by atoms with Crippen molar-refractivity contribution in [2.75, 3.05) is 18.4 Å². The maximum atomic E-state index is 14.0. The number of ether oxygens (including phenoxy) is 1. The summed E-state index contributed by atoms with van der Waals surface area (Å²) in [5.74, 6) is -0.171. The number of aliphatic imine (C=N–C) groups is 1. The molecule has 5 N–H and O–H groups in total. The Hall–Kier alpha value is -3.37. The molecule has 3 atom stereocenters. The Labute approximate surface area is 251 Å². The van der Waals surface area contributed by atoms with E-state index in [1.807, 2.05) is 31.5 Å². The molecule has 1 aliphatic carbocycles. The lowest BCUT2D eigenvalue weighted by Gasteiger charge is -2.39. The van der Waals surface area contributed by atoms with Crippen molar-refractivity contribution in [2.45, 2.75) is 83.9 Å². The fourth-order valence-electron chi connectivity index (χ4n) is 5.88. The van der Waals surface area contributed by atoms with Crippen LogP contribution in [0.25, 0.3) is 5.52 Å². The number of nitrogens with zero attached hydrogens (tertiary/aromatic N) is 4. The lowest BCUT2D eigenvalue weighted by molar-refractivity contribution is 0.0292. The summed E-state index contributed by atoms with van der Waals surface area (Å²) in [4.78, 5) is 18.9. The van der Waals surface area contributed by atoms with Crippen molar-refractivity contribution in [1.29, 1.82) is 0 Å². The van der Waals surface area contributed by atoms with Crippen molar-refractivity contribution in [2.24, 2.45) is 21.9 Å². The first-order valence-corrected chi connectivity index (χ1v) is 14.8. The lowest BCUT2D eigenvalue weighted by Crippen LogP contribution is -2.51. The van der Waals surface area contributed by atoms with Crippen LogP contribution in [0.5, 0.6) is 0 Å². The van der Waals surface area contributed by atoms with E-state index in [0.717, 1.165) is 36.0 Å². The third-order valence-electron chi connectivity index (χ3n) is 9.01. The minimum Gasteiger partial charge on any atom is -0.444 e. The van der Waals surface area contributed by atoms with Gasteiger partial charge in [-0.3, -0.25) is 0 Å². The molecule has 5 rings (SSSR count). The summed E-state index contributed by atoms with van der Waals surface area (Å²) in [5, 5.41) is 8.70. The molecule has 1 saturated heterocycles. The van der Waals surface area contributed by atoms with Crippen LogP contribution < -0.4 is 16.8 Å². The second-order valence-electron chi connectivity index (χ2n) is 13.4. The number of carbonyl (C=O) groups is 1. The number of likely N-dealkylation sites (tertiary alicyclic amines) is 1. The molecule has 0 radical (unpaired) electrons. The van der Waals surface area contributed by atoms with Crippen molar-refractivity contribution >= 4 is 40.4 Å². The van der Waals surface area contributed by atoms with Gasteiger partial charge in [0.1, 0.15) is 17.3 Å². The van der Waals surface area contributed by atoms with Crippen LogP contribution in [0.15, 0.2) is 41.7 Å². The van der Waals surface area contributed by atoms with E-state index in [4.69, 9.17) is 27.8 Å². The average molecular weight is 598 g/mol. The highest BCUT2D eigenvalue weighted by molar-refractivity contribution is 6.33. The number of rotatable bonds is 5. The van der Waals surface area contributed by atoms with E-state index in [-0.39, 0.29) is 40.5 Å². The summed E-state index contributed by atoms with van der Waals surface area (Å²) < 4.78 is 21.4. The smallest absolute Gasteiger partial charge is 0.410 e. The highest BCUT2D eigenvalue weighted by Crippen LogP contribution is 2.46. The third kappa shape index (κ3) is 5.79. The lowest BCUT2D eigenvalue weighted by atomic mass is 9.75. The molecule has 3 heterocycles. The highest BCUT2D eigenvalue weighted by atomic mass is 35.5. The monoisotopic (exact) mass is 597 g/mol. The number of carbonyl (C=O) groups excluding carboxylic acids is 1. The van der Waals surface area contributed by atoms with Crippen LogP contribution in [-0.4, -0.2) is 56.7 Å². The number of amidine groups is 1. The number of anilines is 1. The molecule has 226 valence electrons. The van der Waals surface area contributed by atoms with E-state index in [9.17, 15) is 9.18 Å². The van der Waals surface area contributed by atoms with Gasteiger partial charge in [0.15, 0.2) is 0 Å².